The van der Waals surface area contributed by atoms with Crippen LogP contribution in [0.4, 0.5) is 0 Å². The Balaban J connectivity index is 1.69. The van der Waals surface area contributed by atoms with Crippen molar-refractivity contribution < 1.29 is 0 Å². The van der Waals surface area contributed by atoms with Crippen LogP contribution in [0.3, 0.4) is 0 Å². The van der Waals surface area contributed by atoms with Gasteiger partial charge in [0.2, 0.25) is 0 Å². The highest BCUT2D eigenvalue weighted by atomic mass is 15.3. The molecule has 3 heteroatoms. The first kappa shape index (κ1) is 9.44. The van der Waals surface area contributed by atoms with Crippen LogP contribution in [-0.2, 0) is 0 Å². The smallest absolute Gasteiger partial charge is 0.0139 e. The molecule has 2 N–H and O–H groups in total. The van der Waals surface area contributed by atoms with Crippen LogP contribution in [0.25, 0.3) is 0 Å². The second-order valence-corrected chi connectivity index (χ2v) is 4.55. The Labute approximate surface area is 80.9 Å². The number of hydrogen-bond donors (Lipinski definition) is 1. The van der Waals surface area contributed by atoms with Gasteiger partial charge in [0.1, 0.15) is 0 Å². The summed E-state index contributed by atoms with van der Waals surface area (Å²) in [5, 5.41) is 0. The molecule has 0 aromatic rings. The maximum absolute atomic E-state index is 5.77. The predicted octanol–water partition coefficient (Wildman–Crippen LogP) is 0.114. The Morgan fingerprint density at radius 2 is 1.85 bits per heavy atom. The van der Waals surface area contributed by atoms with Crippen molar-refractivity contribution >= 4 is 0 Å². The van der Waals surface area contributed by atoms with Crippen LogP contribution < -0.4 is 5.73 Å². The summed E-state index contributed by atoms with van der Waals surface area (Å²) in [6, 6.07) is 1.27. The lowest BCUT2D eigenvalue weighted by molar-refractivity contribution is 0.123. The summed E-state index contributed by atoms with van der Waals surface area (Å²) >= 11 is 0. The van der Waals surface area contributed by atoms with Crippen molar-refractivity contribution in [2.45, 2.75) is 31.8 Å². The Morgan fingerprint density at radius 1 is 1.23 bits per heavy atom. The van der Waals surface area contributed by atoms with Gasteiger partial charge < -0.3 is 5.73 Å². The van der Waals surface area contributed by atoms with E-state index in [1.54, 1.807) is 0 Å². The molecule has 0 aromatic carbocycles. The fourth-order valence-electron chi connectivity index (χ4n) is 2.16. The first-order valence-electron chi connectivity index (χ1n) is 5.47. The maximum atomic E-state index is 5.77. The first-order valence-corrected chi connectivity index (χ1v) is 5.47. The zero-order valence-electron chi connectivity index (χ0n) is 8.58. The molecule has 1 saturated carbocycles. The quantitative estimate of drug-likeness (QED) is 0.674. The lowest BCUT2D eigenvalue weighted by atomic mass is 10.2. The molecule has 13 heavy (non-hydrogen) atoms. The highest BCUT2D eigenvalue weighted by Crippen LogP contribution is 2.27. The van der Waals surface area contributed by atoms with E-state index in [0.29, 0.717) is 6.04 Å². The molecule has 1 aliphatic heterocycles. The van der Waals surface area contributed by atoms with Crippen LogP contribution in [0, 0.1) is 0 Å². The number of nitrogens with zero attached hydrogens (tertiary/aromatic N) is 2. The van der Waals surface area contributed by atoms with Gasteiger partial charge in [-0.2, -0.15) is 0 Å². The molecular weight excluding hydrogens is 162 g/mol. The molecule has 2 rings (SSSR count). The highest BCUT2D eigenvalue weighted by molar-refractivity contribution is 4.87. The fourth-order valence-corrected chi connectivity index (χ4v) is 2.16. The van der Waals surface area contributed by atoms with E-state index in [0.717, 1.165) is 12.6 Å². The summed E-state index contributed by atoms with van der Waals surface area (Å²) in [5.41, 5.74) is 5.77. The van der Waals surface area contributed by atoms with Crippen molar-refractivity contribution in [3.63, 3.8) is 0 Å². The Bertz CT molecular complexity index is 158. The van der Waals surface area contributed by atoms with Gasteiger partial charge in [-0.3, -0.25) is 9.80 Å². The number of hydrogen-bond acceptors (Lipinski definition) is 3. The van der Waals surface area contributed by atoms with Gasteiger partial charge in [0.05, 0.1) is 0 Å². The van der Waals surface area contributed by atoms with Crippen LogP contribution in [-0.4, -0.2) is 54.6 Å². The number of rotatable bonds is 3. The highest BCUT2D eigenvalue weighted by Gasteiger charge is 2.30. The molecule has 2 aliphatic rings. The molecule has 3 nitrogen and oxygen atoms in total. The van der Waals surface area contributed by atoms with Gasteiger partial charge in [0.25, 0.3) is 0 Å². The molecule has 0 amide bonds. The predicted molar refractivity (Wildman–Crippen MR) is 54.7 cm³/mol. The minimum Gasteiger partial charge on any atom is -0.327 e. The van der Waals surface area contributed by atoms with Crippen molar-refractivity contribution in [2.75, 3.05) is 32.7 Å². The summed E-state index contributed by atoms with van der Waals surface area (Å²) in [5.74, 6) is 0. The zero-order valence-corrected chi connectivity index (χ0v) is 8.58. The average molecular weight is 183 g/mol. The summed E-state index contributed by atoms with van der Waals surface area (Å²) in [4.78, 5) is 5.13. The van der Waals surface area contributed by atoms with E-state index in [2.05, 4.69) is 16.7 Å². The Morgan fingerprint density at radius 3 is 2.31 bits per heavy atom. The maximum Gasteiger partial charge on any atom is 0.0139 e. The normalized spacial score (nSPS) is 29.1. The third kappa shape index (κ3) is 2.66. The van der Waals surface area contributed by atoms with Gasteiger partial charge in [-0.25, -0.2) is 0 Å². The van der Waals surface area contributed by atoms with E-state index in [1.807, 2.05) is 0 Å². The average Bonchev–Trinajstić information content (AvgIpc) is 2.87. The van der Waals surface area contributed by atoms with Gasteiger partial charge in [-0.05, 0) is 19.8 Å². The molecule has 1 heterocycles. The zero-order chi connectivity index (χ0) is 9.26. The van der Waals surface area contributed by atoms with Crippen molar-refractivity contribution in [1.82, 2.24) is 9.80 Å². The van der Waals surface area contributed by atoms with Gasteiger partial charge in [0, 0.05) is 44.8 Å². The molecule has 76 valence electrons. The Hall–Kier alpha value is -0.120. The van der Waals surface area contributed by atoms with Crippen molar-refractivity contribution in [3.8, 4) is 0 Å². The molecule has 1 saturated heterocycles. The van der Waals surface area contributed by atoms with Gasteiger partial charge in [0.15, 0.2) is 0 Å². The van der Waals surface area contributed by atoms with E-state index in [9.17, 15) is 0 Å². The van der Waals surface area contributed by atoms with E-state index in [-0.39, 0.29) is 0 Å². The van der Waals surface area contributed by atoms with E-state index < -0.39 is 0 Å². The molecular formula is C10H21N3. The van der Waals surface area contributed by atoms with Crippen molar-refractivity contribution in [1.29, 1.82) is 0 Å². The number of piperazine rings is 1. The van der Waals surface area contributed by atoms with Crippen molar-refractivity contribution in [3.05, 3.63) is 0 Å². The van der Waals surface area contributed by atoms with Gasteiger partial charge >= 0.3 is 0 Å². The molecule has 1 atom stereocenters. The summed E-state index contributed by atoms with van der Waals surface area (Å²) in [6.07, 6.45) is 2.88. The van der Waals surface area contributed by atoms with Crippen LogP contribution >= 0.6 is 0 Å². The number of nitrogens with two attached hydrogens (primary N) is 1. The summed E-state index contributed by atoms with van der Waals surface area (Å²) in [6.45, 7) is 8.12. The van der Waals surface area contributed by atoms with E-state index >= 15 is 0 Å². The van der Waals surface area contributed by atoms with Crippen molar-refractivity contribution in [2.24, 2.45) is 5.73 Å². The first-order chi connectivity index (χ1) is 6.25. The third-order valence-corrected chi connectivity index (χ3v) is 3.02. The SMILES string of the molecule is CC(N)CN1CCN(C2CC2)CC1. The monoisotopic (exact) mass is 183 g/mol. The second kappa shape index (κ2) is 3.95. The molecule has 1 aliphatic carbocycles. The molecule has 0 aromatic heterocycles. The van der Waals surface area contributed by atoms with Gasteiger partial charge in [-0.15, -0.1) is 0 Å². The summed E-state index contributed by atoms with van der Waals surface area (Å²) in [7, 11) is 0. The fraction of sp³-hybridized carbons (Fsp3) is 1.00. The van der Waals surface area contributed by atoms with Crippen LogP contribution in [0.15, 0.2) is 0 Å². The van der Waals surface area contributed by atoms with Crippen LogP contribution in [0.5, 0.6) is 0 Å². The van der Waals surface area contributed by atoms with Crippen LogP contribution in [0.2, 0.25) is 0 Å². The molecule has 0 spiro atoms. The lowest BCUT2D eigenvalue weighted by Crippen LogP contribution is -2.49. The summed E-state index contributed by atoms with van der Waals surface area (Å²) < 4.78 is 0. The van der Waals surface area contributed by atoms with E-state index in [1.165, 1.54) is 39.0 Å². The van der Waals surface area contributed by atoms with Gasteiger partial charge in [-0.1, -0.05) is 0 Å². The third-order valence-electron chi connectivity index (χ3n) is 3.02. The minimum atomic E-state index is 0.326. The Kier molecular flexibility index (Phi) is 2.86. The second-order valence-electron chi connectivity index (χ2n) is 4.55. The molecule has 2 fully saturated rings. The molecule has 1 unspecified atom stereocenters. The largest absolute Gasteiger partial charge is 0.327 e. The van der Waals surface area contributed by atoms with Crippen LogP contribution in [0.1, 0.15) is 19.8 Å². The minimum absolute atomic E-state index is 0.326. The topological polar surface area (TPSA) is 32.5 Å². The standard InChI is InChI=1S/C10H21N3/c1-9(11)8-12-4-6-13(7-5-12)10-2-3-10/h9-10H,2-8,11H2,1H3. The molecule has 0 bridgehead atoms. The van der Waals surface area contributed by atoms with E-state index in [4.69, 9.17) is 5.73 Å². The molecule has 0 radical (unpaired) electrons. The lowest BCUT2D eigenvalue weighted by Gasteiger charge is -2.35.